The predicted molar refractivity (Wildman–Crippen MR) is 137 cm³/mol. The van der Waals surface area contributed by atoms with Gasteiger partial charge >= 0.3 is 0 Å². The molecular formula is C27H19BrClNO4. The fourth-order valence-electron chi connectivity index (χ4n) is 4.16. The molecule has 7 heteroatoms. The Kier molecular flexibility index (Phi) is 5.80. The summed E-state index contributed by atoms with van der Waals surface area (Å²) in [6.45, 7) is 5.93. The van der Waals surface area contributed by atoms with Gasteiger partial charge in [-0.15, -0.1) is 0 Å². The smallest absolute Gasteiger partial charge is 0.295 e. The second kappa shape index (κ2) is 8.78. The van der Waals surface area contributed by atoms with Crippen LogP contribution < -0.4 is 15.1 Å². The summed E-state index contributed by atoms with van der Waals surface area (Å²) in [6, 6.07) is 17.2. The van der Waals surface area contributed by atoms with Crippen molar-refractivity contribution in [2.75, 3.05) is 11.5 Å². The molecule has 5 rings (SSSR count). The van der Waals surface area contributed by atoms with Gasteiger partial charge in [-0.2, -0.15) is 0 Å². The Morgan fingerprint density at radius 3 is 2.59 bits per heavy atom. The molecule has 4 aromatic rings. The monoisotopic (exact) mass is 535 g/mol. The zero-order chi connectivity index (χ0) is 24.0. The van der Waals surface area contributed by atoms with Crippen LogP contribution >= 0.6 is 27.5 Å². The first-order valence-electron chi connectivity index (χ1n) is 10.6. The van der Waals surface area contributed by atoms with Crippen molar-refractivity contribution in [1.82, 2.24) is 0 Å². The number of rotatable bonds is 5. The third-order valence-corrected chi connectivity index (χ3v) is 6.73. The van der Waals surface area contributed by atoms with Gasteiger partial charge in [0, 0.05) is 15.2 Å². The van der Waals surface area contributed by atoms with Crippen molar-refractivity contribution in [3.8, 4) is 5.75 Å². The SMILES string of the molecule is C=CCOc1ccc(C2c3c(oc4ccc(Br)cc4c3=O)C(=O)N2c2ccc(C)c(Cl)c2)cc1. The van der Waals surface area contributed by atoms with E-state index in [1.54, 1.807) is 47.4 Å². The fraction of sp³-hybridized carbons (Fsp3) is 0.111. The highest BCUT2D eigenvalue weighted by atomic mass is 79.9. The molecule has 0 bridgehead atoms. The summed E-state index contributed by atoms with van der Waals surface area (Å²) in [7, 11) is 0. The number of hydrogen-bond donors (Lipinski definition) is 0. The quantitative estimate of drug-likeness (QED) is 0.262. The highest BCUT2D eigenvalue weighted by Crippen LogP contribution is 2.42. The van der Waals surface area contributed by atoms with Gasteiger partial charge in [-0.1, -0.05) is 58.4 Å². The lowest BCUT2D eigenvalue weighted by molar-refractivity contribution is 0.0971. The first-order valence-corrected chi connectivity index (χ1v) is 11.8. The Hall–Kier alpha value is -3.35. The highest BCUT2D eigenvalue weighted by Gasteiger charge is 2.43. The van der Waals surface area contributed by atoms with Crippen LogP contribution in [0.4, 0.5) is 5.69 Å². The van der Waals surface area contributed by atoms with E-state index in [0.29, 0.717) is 39.6 Å². The van der Waals surface area contributed by atoms with Gasteiger partial charge in [0.05, 0.1) is 17.0 Å². The summed E-state index contributed by atoms with van der Waals surface area (Å²) in [5, 5.41) is 0.933. The molecule has 1 unspecified atom stereocenters. The van der Waals surface area contributed by atoms with E-state index in [9.17, 15) is 9.59 Å². The maximum atomic E-state index is 13.7. The third-order valence-electron chi connectivity index (χ3n) is 5.83. The van der Waals surface area contributed by atoms with Gasteiger partial charge in [0.15, 0.2) is 5.43 Å². The number of fused-ring (bicyclic) bond motifs is 2. The number of hydrogen-bond acceptors (Lipinski definition) is 4. The minimum absolute atomic E-state index is 0.0357. The molecule has 0 saturated carbocycles. The van der Waals surface area contributed by atoms with E-state index in [0.717, 1.165) is 15.6 Å². The minimum atomic E-state index is -0.686. The second-order valence-corrected chi connectivity index (χ2v) is 9.32. The average molecular weight is 537 g/mol. The Labute approximate surface area is 209 Å². The number of halogens is 2. The van der Waals surface area contributed by atoms with Gasteiger partial charge in [-0.3, -0.25) is 14.5 Å². The predicted octanol–water partition coefficient (Wildman–Crippen LogP) is 6.83. The van der Waals surface area contributed by atoms with E-state index >= 15 is 0 Å². The average Bonchev–Trinajstić information content (AvgIpc) is 3.13. The molecule has 0 N–H and O–H groups in total. The first-order chi connectivity index (χ1) is 16.4. The van der Waals surface area contributed by atoms with Crippen molar-refractivity contribution in [2.45, 2.75) is 13.0 Å². The number of aryl methyl sites for hydroxylation is 1. The summed E-state index contributed by atoms with van der Waals surface area (Å²) >= 11 is 9.81. The second-order valence-electron chi connectivity index (χ2n) is 7.99. The van der Waals surface area contributed by atoms with E-state index in [1.807, 2.05) is 31.2 Å². The maximum absolute atomic E-state index is 13.7. The van der Waals surface area contributed by atoms with Crippen molar-refractivity contribution < 1.29 is 13.9 Å². The molecule has 3 aromatic carbocycles. The molecule has 0 aliphatic carbocycles. The highest BCUT2D eigenvalue weighted by molar-refractivity contribution is 9.10. The Bertz CT molecular complexity index is 1510. The fourth-order valence-corrected chi connectivity index (χ4v) is 4.70. The molecule has 1 aromatic heterocycles. The van der Waals surface area contributed by atoms with Crippen LogP contribution in [0.1, 0.15) is 33.3 Å². The molecule has 1 atom stereocenters. The molecule has 5 nitrogen and oxygen atoms in total. The number of carbonyl (C=O) groups excluding carboxylic acids is 1. The molecule has 34 heavy (non-hydrogen) atoms. The van der Waals surface area contributed by atoms with Crippen molar-refractivity contribution in [1.29, 1.82) is 0 Å². The molecular weight excluding hydrogens is 518 g/mol. The maximum Gasteiger partial charge on any atom is 0.295 e. The van der Waals surface area contributed by atoms with E-state index in [1.165, 1.54) is 0 Å². The Balaban J connectivity index is 1.74. The molecule has 2 heterocycles. The van der Waals surface area contributed by atoms with E-state index in [4.69, 9.17) is 20.8 Å². The van der Waals surface area contributed by atoms with Crippen LogP contribution in [0.15, 0.2) is 87.0 Å². The largest absolute Gasteiger partial charge is 0.490 e. The molecule has 1 aliphatic heterocycles. The first kappa shape index (κ1) is 22.4. The lowest BCUT2D eigenvalue weighted by Crippen LogP contribution is -2.29. The van der Waals surface area contributed by atoms with Crippen LogP contribution in [0, 0.1) is 6.92 Å². The number of anilines is 1. The standard InChI is InChI=1S/C27H19BrClNO4/c1-3-12-33-19-9-5-16(6-10-19)24-23-25(31)20-13-17(28)7-11-22(20)34-26(23)27(32)30(24)18-8-4-15(2)21(29)14-18/h3-11,13-14,24H,1,12H2,2H3. The summed E-state index contributed by atoms with van der Waals surface area (Å²) in [4.78, 5) is 28.9. The number of nitrogens with zero attached hydrogens (tertiary/aromatic N) is 1. The molecule has 0 fully saturated rings. The third kappa shape index (κ3) is 3.73. The summed E-state index contributed by atoms with van der Waals surface area (Å²) in [6.07, 6.45) is 1.66. The summed E-state index contributed by atoms with van der Waals surface area (Å²) in [5.74, 6) is 0.301. The Morgan fingerprint density at radius 1 is 1.12 bits per heavy atom. The van der Waals surface area contributed by atoms with Crippen molar-refractivity contribution >= 4 is 50.1 Å². The van der Waals surface area contributed by atoms with Crippen molar-refractivity contribution in [3.63, 3.8) is 0 Å². The van der Waals surface area contributed by atoms with Gasteiger partial charge in [-0.25, -0.2) is 0 Å². The van der Waals surface area contributed by atoms with E-state index in [2.05, 4.69) is 22.5 Å². The van der Waals surface area contributed by atoms with E-state index < -0.39 is 11.9 Å². The summed E-state index contributed by atoms with van der Waals surface area (Å²) in [5.41, 5.74) is 2.62. The van der Waals surface area contributed by atoms with Crippen LogP contribution in [-0.2, 0) is 0 Å². The normalized spacial score (nSPS) is 15.0. The zero-order valence-electron chi connectivity index (χ0n) is 18.2. The number of ether oxygens (including phenoxy) is 1. The van der Waals surface area contributed by atoms with Gasteiger partial charge in [0.2, 0.25) is 5.76 Å². The lowest BCUT2D eigenvalue weighted by Gasteiger charge is -2.25. The topological polar surface area (TPSA) is 59.8 Å². The van der Waals surface area contributed by atoms with Gasteiger partial charge < -0.3 is 9.15 Å². The molecule has 0 radical (unpaired) electrons. The van der Waals surface area contributed by atoms with Crippen LogP contribution in [0.5, 0.6) is 5.75 Å². The van der Waals surface area contributed by atoms with E-state index in [-0.39, 0.29) is 11.2 Å². The van der Waals surface area contributed by atoms with Gasteiger partial charge in [0.25, 0.3) is 5.91 Å². The lowest BCUT2D eigenvalue weighted by atomic mass is 9.98. The molecule has 170 valence electrons. The number of benzene rings is 3. The van der Waals surface area contributed by atoms with Crippen LogP contribution in [0.3, 0.4) is 0 Å². The van der Waals surface area contributed by atoms with Crippen molar-refractivity contribution in [3.05, 3.63) is 115 Å². The van der Waals surface area contributed by atoms with Gasteiger partial charge in [0.1, 0.15) is 17.9 Å². The molecule has 1 amide bonds. The van der Waals surface area contributed by atoms with Crippen LogP contribution in [-0.4, -0.2) is 12.5 Å². The molecule has 0 spiro atoms. The minimum Gasteiger partial charge on any atom is -0.490 e. The van der Waals surface area contributed by atoms with Crippen LogP contribution in [0.25, 0.3) is 11.0 Å². The van der Waals surface area contributed by atoms with Gasteiger partial charge in [-0.05, 0) is 60.5 Å². The Morgan fingerprint density at radius 2 is 1.88 bits per heavy atom. The molecule has 1 aliphatic rings. The van der Waals surface area contributed by atoms with Crippen LogP contribution in [0.2, 0.25) is 5.02 Å². The summed E-state index contributed by atoms with van der Waals surface area (Å²) < 4.78 is 12.4. The van der Waals surface area contributed by atoms with Crippen molar-refractivity contribution in [2.24, 2.45) is 0 Å². The zero-order valence-corrected chi connectivity index (χ0v) is 20.5. The number of carbonyl (C=O) groups is 1. The number of amides is 1. The molecule has 0 saturated heterocycles.